The van der Waals surface area contributed by atoms with Crippen LogP contribution in [0.1, 0.15) is 0 Å². The lowest BCUT2D eigenvalue weighted by atomic mass is 9.89. The fourth-order valence-corrected chi connectivity index (χ4v) is 7.43. The summed E-state index contributed by atoms with van der Waals surface area (Å²) in [5, 5.41) is 9.75. The fraction of sp³-hybridized carbons (Fsp3) is 0. The maximum Gasteiger partial charge on any atom is 0.124 e. The number of hydrogen-bond donors (Lipinski definition) is 0. The maximum atomic E-state index is 5.29. The Balaban J connectivity index is 1.19. The number of benzene rings is 7. The zero-order valence-corrected chi connectivity index (χ0v) is 24.0. The molecular formula is C40H24N2S. The number of aromatic nitrogens is 2. The molecule has 0 saturated heterocycles. The van der Waals surface area contributed by atoms with Crippen molar-refractivity contribution in [3.63, 3.8) is 0 Å². The molecule has 0 radical (unpaired) electrons. The molecule has 0 saturated carbocycles. The molecule has 0 atom stereocenters. The van der Waals surface area contributed by atoms with Crippen molar-refractivity contribution in [2.45, 2.75) is 0 Å². The van der Waals surface area contributed by atoms with Gasteiger partial charge in [-0.1, -0.05) is 127 Å². The number of rotatable bonds is 3. The maximum absolute atomic E-state index is 5.29. The Labute approximate surface area is 252 Å². The zero-order chi connectivity index (χ0) is 28.3. The van der Waals surface area contributed by atoms with E-state index in [9.17, 15) is 0 Å². The molecule has 200 valence electrons. The van der Waals surface area contributed by atoms with E-state index in [4.69, 9.17) is 9.97 Å². The van der Waals surface area contributed by atoms with Crippen molar-refractivity contribution >= 4 is 64.8 Å². The molecule has 2 heterocycles. The second kappa shape index (κ2) is 9.59. The first-order valence-corrected chi connectivity index (χ1v) is 15.3. The highest BCUT2D eigenvalue weighted by Gasteiger charge is 2.17. The van der Waals surface area contributed by atoms with Crippen LogP contribution in [0, 0.1) is 0 Å². The summed E-state index contributed by atoms with van der Waals surface area (Å²) in [4.78, 5) is 10.1. The van der Waals surface area contributed by atoms with Gasteiger partial charge in [0.2, 0.25) is 0 Å². The lowest BCUT2D eigenvalue weighted by molar-refractivity contribution is 1.43. The average Bonchev–Trinajstić information content (AvgIpc) is 3.52. The van der Waals surface area contributed by atoms with E-state index in [0.29, 0.717) is 0 Å². The van der Waals surface area contributed by atoms with E-state index in [0.717, 1.165) is 32.9 Å². The molecule has 0 amide bonds. The summed E-state index contributed by atoms with van der Waals surface area (Å²) in [5.74, 6) is 0. The van der Waals surface area contributed by atoms with E-state index in [1.165, 1.54) is 53.5 Å². The van der Waals surface area contributed by atoms with Gasteiger partial charge in [0, 0.05) is 27.3 Å². The highest BCUT2D eigenvalue weighted by molar-refractivity contribution is 7.21. The van der Waals surface area contributed by atoms with Crippen LogP contribution in [-0.2, 0) is 0 Å². The first kappa shape index (κ1) is 24.2. The predicted molar refractivity (Wildman–Crippen MR) is 184 cm³/mol. The molecule has 43 heavy (non-hydrogen) atoms. The minimum absolute atomic E-state index is 1.01. The highest BCUT2D eigenvalue weighted by Crippen LogP contribution is 2.43. The molecule has 0 N–H and O–H groups in total. The number of thiazole rings is 1. The van der Waals surface area contributed by atoms with Gasteiger partial charge in [0.25, 0.3) is 0 Å². The van der Waals surface area contributed by atoms with Gasteiger partial charge in [0.05, 0.1) is 21.4 Å². The summed E-state index contributed by atoms with van der Waals surface area (Å²) >= 11 is 1.74. The topological polar surface area (TPSA) is 25.8 Å². The summed E-state index contributed by atoms with van der Waals surface area (Å²) < 4.78 is 1.22. The molecule has 0 aliphatic carbocycles. The molecule has 0 aliphatic rings. The average molecular weight is 565 g/mol. The molecule has 9 rings (SSSR count). The van der Waals surface area contributed by atoms with Gasteiger partial charge < -0.3 is 0 Å². The van der Waals surface area contributed by atoms with Crippen LogP contribution < -0.4 is 0 Å². The molecule has 3 heteroatoms. The Morgan fingerprint density at radius 1 is 0.349 bits per heavy atom. The van der Waals surface area contributed by atoms with Crippen LogP contribution in [0.2, 0.25) is 0 Å². The third-order valence-corrected chi connectivity index (χ3v) is 9.58. The third kappa shape index (κ3) is 3.86. The van der Waals surface area contributed by atoms with Crippen LogP contribution in [0.5, 0.6) is 0 Å². The Hall–Kier alpha value is -5.38. The van der Waals surface area contributed by atoms with Crippen molar-refractivity contribution in [1.29, 1.82) is 0 Å². The zero-order valence-electron chi connectivity index (χ0n) is 23.2. The largest absolute Gasteiger partial charge is 0.247 e. The number of nitrogens with zero attached hydrogens (tertiary/aromatic N) is 2. The monoisotopic (exact) mass is 564 g/mol. The van der Waals surface area contributed by atoms with Crippen LogP contribution in [0.3, 0.4) is 0 Å². The molecular weight excluding hydrogens is 541 g/mol. The van der Waals surface area contributed by atoms with Crippen LogP contribution in [-0.4, -0.2) is 9.97 Å². The number of fused-ring (bicyclic) bond motifs is 9. The van der Waals surface area contributed by atoms with Crippen molar-refractivity contribution < 1.29 is 0 Å². The van der Waals surface area contributed by atoms with Crippen molar-refractivity contribution in [2.75, 3.05) is 0 Å². The van der Waals surface area contributed by atoms with Gasteiger partial charge in [0.15, 0.2) is 0 Å². The van der Waals surface area contributed by atoms with Crippen molar-refractivity contribution in [3.8, 4) is 33.0 Å². The third-order valence-electron chi connectivity index (χ3n) is 8.49. The standard InChI is InChI=1S/C40H24N2S/c1-3-11-31-29(9-1)30-10-2-4-12-32(30)38-37(31)33-13-5-6-14-34(33)41-39(38)27-21-17-25(18-22-27)26-19-23-28(24-20-26)40-42-35-15-7-8-16-36(35)43-40/h1-24H. The Bertz CT molecular complexity index is 2460. The van der Waals surface area contributed by atoms with E-state index in [1.807, 2.05) is 6.07 Å². The van der Waals surface area contributed by atoms with Crippen molar-refractivity contribution in [1.82, 2.24) is 9.97 Å². The highest BCUT2D eigenvalue weighted by atomic mass is 32.1. The molecule has 0 aliphatic heterocycles. The second-order valence-corrected chi connectivity index (χ2v) is 12.0. The van der Waals surface area contributed by atoms with E-state index < -0.39 is 0 Å². The van der Waals surface area contributed by atoms with Gasteiger partial charge in [-0.15, -0.1) is 11.3 Å². The summed E-state index contributed by atoms with van der Waals surface area (Å²) in [6.07, 6.45) is 0. The minimum atomic E-state index is 1.01. The van der Waals surface area contributed by atoms with Gasteiger partial charge in [-0.2, -0.15) is 0 Å². The molecule has 7 aromatic carbocycles. The summed E-state index contributed by atoms with van der Waals surface area (Å²) in [6, 6.07) is 52.0. The number of hydrogen-bond acceptors (Lipinski definition) is 3. The number of para-hydroxylation sites is 2. The molecule has 2 aromatic heterocycles. The normalized spacial score (nSPS) is 11.7. The smallest absolute Gasteiger partial charge is 0.124 e. The predicted octanol–water partition coefficient (Wildman–Crippen LogP) is 11.3. The van der Waals surface area contributed by atoms with Crippen molar-refractivity contribution in [3.05, 3.63) is 146 Å². The SMILES string of the molecule is c1ccc2sc(-c3ccc(-c4ccc(-c5nc6ccccc6c6c7ccccc7c7ccccc7c56)cc4)cc3)nc2c1. The van der Waals surface area contributed by atoms with E-state index in [-0.39, 0.29) is 0 Å². The lowest BCUT2D eigenvalue weighted by Crippen LogP contribution is -1.93. The van der Waals surface area contributed by atoms with E-state index in [1.54, 1.807) is 11.3 Å². The van der Waals surface area contributed by atoms with Gasteiger partial charge >= 0.3 is 0 Å². The summed E-state index contributed by atoms with van der Waals surface area (Å²) in [6.45, 7) is 0. The van der Waals surface area contributed by atoms with Crippen LogP contribution in [0.15, 0.2) is 146 Å². The number of pyridine rings is 1. The van der Waals surface area contributed by atoms with E-state index >= 15 is 0 Å². The molecule has 0 unspecified atom stereocenters. The van der Waals surface area contributed by atoms with Crippen LogP contribution in [0.4, 0.5) is 0 Å². The Morgan fingerprint density at radius 3 is 1.49 bits per heavy atom. The second-order valence-electron chi connectivity index (χ2n) is 11.0. The first-order valence-electron chi connectivity index (χ1n) is 14.5. The van der Waals surface area contributed by atoms with Gasteiger partial charge in [-0.3, -0.25) is 0 Å². The molecule has 0 fully saturated rings. The lowest BCUT2D eigenvalue weighted by Gasteiger charge is -2.16. The summed E-state index contributed by atoms with van der Waals surface area (Å²) in [7, 11) is 0. The fourth-order valence-electron chi connectivity index (χ4n) is 6.46. The quantitative estimate of drug-likeness (QED) is 0.199. The molecule has 0 bridgehead atoms. The first-order chi connectivity index (χ1) is 21.3. The van der Waals surface area contributed by atoms with Gasteiger partial charge in [-0.05, 0) is 50.9 Å². The van der Waals surface area contributed by atoms with Crippen LogP contribution in [0.25, 0.3) is 86.4 Å². The van der Waals surface area contributed by atoms with E-state index in [2.05, 4.69) is 140 Å². The van der Waals surface area contributed by atoms with Crippen LogP contribution >= 0.6 is 11.3 Å². The van der Waals surface area contributed by atoms with Gasteiger partial charge in [-0.25, -0.2) is 9.97 Å². The molecule has 9 aromatic rings. The van der Waals surface area contributed by atoms with Gasteiger partial charge in [0.1, 0.15) is 5.01 Å². The van der Waals surface area contributed by atoms with Crippen molar-refractivity contribution in [2.24, 2.45) is 0 Å². The Morgan fingerprint density at radius 2 is 0.837 bits per heavy atom. The molecule has 0 spiro atoms. The minimum Gasteiger partial charge on any atom is -0.247 e. The summed E-state index contributed by atoms with van der Waals surface area (Å²) in [5.41, 5.74) is 7.72. The molecule has 2 nitrogen and oxygen atoms in total. The Kier molecular flexibility index (Phi) is 5.40.